The quantitative estimate of drug-likeness (QED) is 0.654. The van der Waals surface area contributed by atoms with E-state index in [1.165, 1.54) is 0 Å². The number of H-pyrrole nitrogens is 1. The Kier molecular flexibility index (Phi) is 3.99. The number of rotatable bonds is 5. The van der Waals surface area contributed by atoms with Crippen LogP contribution in [0.1, 0.15) is 6.42 Å². The van der Waals surface area contributed by atoms with Gasteiger partial charge in [0.05, 0.1) is 28.9 Å². The van der Waals surface area contributed by atoms with Gasteiger partial charge < -0.3 is 20.4 Å². The molecule has 8 nitrogen and oxygen atoms in total. The Morgan fingerprint density at radius 1 is 1.46 bits per heavy atom. The molecule has 4 heterocycles. The summed E-state index contributed by atoms with van der Waals surface area (Å²) in [4.78, 5) is 12.0. The number of aromatic nitrogens is 5. The molecule has 9 heteroatoms. The van der Waals surface area contributed by atoms with Crippen LogP contribution in [0.15, 0.2) is 18.6 Å². The lowest BCUT2D eigenvalue weighted by molar-refractivity contribution is 0.254. The maximum absolute atomic E-state index is 6.25. The van der Waals surface area contributed by atoms with Crippen LogP contribution in [0.2, 0.25) is 5.02 Å². The number of aryl methyl sites for hydroxylation is 1. The minimum atomic E-state index is 0.438. The summed E-state index contributed by atoms with van der Waals surface area (Å²) in [6, 6.07) is 0. The van der Waals surface area contributed by atoms with E-state index in [9.17, 15) is 0 Å². The van der Waals surface area contributed by atoms with Crippen molar-refractivity contribution in [2.45, 2.75) is 6.42 Å². The molecule has 0 aromatic carbocycles. The van der Waals surface area contributed by atoms with Crippen LogP contribution < -0.4 is 15.4 Å². The Hall–Kier alpha value is -2.32. The highest BCUT2D eigenvalue weighted by Crippen LogP contribution is 2.31. The second kappa shape index (κ2) is 6.29. The summed E-state index contributed by atoms with van der Waals surface area (Å²) in [5, 5.41) is 11.8. The van der Waals surface area contributed by atoms with Crippen molar-refractivity contribution in [3.8, 4) is 5.88 Å². The minimum Gasteiger partial charge on any atom is -0.477 e. The van der Waals surface area contributed by atoms with Gasteiger partial charge in [-0.15, -0.1) is 0 Å². The Balaban J connectivity index is 1.62. The van der Waals surface area contributed by atoms with Gasteiger partial charge in [0.2, 0.25) is 11.8 Å². The lowest BCUT2D eigenvalue weighted by atomic mass is 10.1. The van der Waals surface area contributed by atoms with Gasteiger partial charge in [-0.1, -0.05) is 11.6 Å². The van der Waals surface area contributed by atoms with Gasteiger partial charge in [-0.25, -0.2) is 0 Å². The zero-order chi connectivity index (χ0) is 16.5. The number of ether oxygens (including phenoxy) is 1. The van der Waals surface area contributed by atoms with Gasteiger partial charge in [0.25, 0.3) is 0 Å². The highest BCUT2D eigenvalue weighted by Gasteiger charge is 2.19. The SMILES string of the molecule is Cn1cc(Nc2nc(OCC3CCNC3)c3c(Cl)c[nH]c3n2)cn1. The van der Waals surface area contributed by atoms with E-state index < -0.39 is 0 Å². The summed E-state index contributed by atoms with van der Waals surface area (Å²) in [6.45, 7) is 2.61. The van der Waals surface area contributed by atoms with Gasteiger partial charge in [0.1, 0.15) is 5.65 Å². The fourth-order valence-electron chi connectivity index (χ4n) is 2.79. The number of nitrogens with one attached hydrogen (secondary N) is 3. The molecule has 24 heavy (non-hydrogen) atoms. The number of hydrogen-bond donors (Lipinski definition) is 3. The first-order valence-corrected chi connectivity index (χ1v) is 8.20. The lowest BCUT2D eigenvalue weighted by Gasteiger charge is -2.12. The number of hydrogen-bond acceptors (Lipinski definition) is 6. The van der Waals surface area contributed by atoms with E-state index in [2.05, 4.69) is 30.7 Å². The standard InChI is InChI=1S/C15H18ClN7O/c1-23-7-10(5-19-23)20-15-21-13-12(11(16)6-18-13)14(22-15)24-8-9-2-3-17-4-9/h5-7,9,17H,2-4,8H2,1H3,(H2,18,20,21,22). The van der Waals surface area contributed by atoms with Crippen LogP contribution in [-0.2, 0) is 7.05 Å². The third-order valence-corrected chi connectivity index (χ3v) is 4.33. The molecule has 3 N–H and O–H groups in total. The molecule has 1 saturated heterocycles. The fraction of sp³-hybridized carbons (Fsp3) is 0.400. The third-order valence-electron chi connectivity index (χ3n) is 4.03. The van der Waals surface area contributed by atoms with Crippen molar-refractivity contribution in [3.63, 3.8) is 0 Å². The first-order chi connectivity index (χ1) is 11.7. The molecule has 0 amide bonds. The molecule has 4 rings (SSSR count). The molecule has 3 aromatic heterocycles. The number of halogens is 1. The molecule has 0 spiro atoms. The highest BCUT2D eigenvalue weighted by atomic mass is 35.5. The third kappa shape index (κ3) is 3.02. The van der Waals surface area contributed by atoms with Crippen molar-refractivity contribution in [2.24, 2.45) is 13.0 Å². The van der Waals surface area contributed by atoms with Crippen molar-refractivity contribution in [1.29, 1.82) is 0 Å². The van der Waals surface area contributed by atoms with Gasteiger partial charge in [-0.05, 0) is 13.0 Å². The van der Waals surface area contributed by atoms with E-state index in [1.54, 1.807) is 17.1 Å². The summed E-state index contributed by atoms with van der Waals surface area (Å²) >= 11 is 6.25. The van der Waals surface area contributed by atoms with Crippen LogP contribution in [0, 0.1) is 5.92 Å². The van der Waals surface area contributed by atoms with Gasteiger partial charge in [0.15, 0.2) is 0 Å². The second-order valence-electron chi connectivity index (χ2n) is 5.91. The second-order valence-corrected chi connectivity index (χ2v) is 6.32. The van der Waals surface area contributed by atoms with E-state index in [1.807, 2.05) is 13.2 Å². The summed E-state index contributed by atoms with van der Waals surface area (Å²) < 4.78 is 7.67. The minimum absolute atomic E-state index is 0.438. The van der Waals surface area contributed by atoms with Crippen molar-refractivity contribution in [2.75, 3.05) is 25.0 Å². The predicted octanol–water partition coefficient (Wildman–Crippen LogP) is 2.08. The molecular formula is C15H18ClN7O. The maximum atomic E-state index is 6.25. The van der Waals surface area contributed by atoms with Crippen LogP contribution in [0.5, 0.6) is 5.88 Å². The molecule has 126 valence electrons. The van der Waals surface area contributed by atoms with Crippen molar-refractivity contribution in [3.05, 3.63) is 23.6 Å². The van der Waals surface area contributed by atoms with Crippen molar-refractivity contribution in [1.82, 2.24) is 30.0 Å². The van der Waals surface area contributed by atoms with Crippen LogP contribution in [-0.4, -0.2) is 44.4 Å². The largest absolute Gasteiger partial charge is 0.477 e. The zero-order valence-corrected chi connectivity index (χ0v) is 14.0. The van der Waals surface area contributed by atoms with Crippen LogP contribution in [0.3, 0.4) is 0 Å². The Labute approximate surface area is 143 Å². The number of aromatic amines is 1. The number of nitrogens with zero attached hydrogens (tertiary/aromatic N) is 4. The van der Waals surface area contributed by atoms with Gasteiger partial charge >= 0.3 is 0 Å². The van der Waals surface area contributed by atoms with Crippen molar-refractivity contribution >= 4 is 34.3 Å². The molecular weight excluding hydrogens is 330 g/mol. The lowest BCUT2D eigenvalue weighted by Crippen LogP contribution is -2.16. The number of fused-ring (bicyclic) bond motifs is 1. The zero-order valence-electron chi connectivity index (χ0n) is 13.2. The first-order valence-electron chi connectivity index (χ1n) is 7.83. The summed E-state index contributed by atoms with van der Waals surface area (Å²) in [7, 11) is 1.85. The Bertz CT molecular complexity index is 853. The van der Waals surface area contributed by atoms with Crippen LogP contribution in [0.25, 0.3) is 11.0 Å². The predicted molar refractivity (Wildman–Crippen MR) is 91.9 cm³/mol. The van der Waals surface area contributed by atoms with Crippen LogP contribution >= 0.6 is 11.6 Å². The smallest absolute Gasteiger partial charge is 0.232 e. The molecule has 1 unspecified atom stereocenters. The van der Waals surface area contributed by atoms with E-state index in [0.717, 1.165) is 25.2 Å². The Morgan fingerprint density at radius 3 is 3.12 bits per heavy atom. The summed E-state index contributed by atoms with van der Waals surface area (Å²) in [5.41, 5.74) is 1.45. The number of anilines is 2. The monoisotopic (exact) mass is 347 g/mol. The molecule has 0 radical (unpaired) electrons. The Morgan fingerprint density at radius 2 is 2.38 bits per heavy atom. The van der Waals surface area contributed by atoms with E-state index in [-0.39, 0.29) is 0 Å². The normalized spacial score (nSPS) is 17.5. The molecule has 0 aliphatic carbocycles. The van der Waals surface area contributed by atoms with Gasteiger partial charge in [-0.2, -0.15) is 15.1 Å². The molecule has 1 fully saturated rings. The van der Waals surface area contributed by atoms with Gasteiger partial charge in [-0.3, -0.25) is 4.68 Å². The first kappa shape index (κ1) is 15.2. The molecule has 3 aromatic rings. The van der Waals surface area contributed by atoms with E-state index >= 15 is 0 Å². The van der Waals surface area contributed by atoms with E-state index in [0.29, 0.717) is 40.4 Å². The van der Waals surface area contributed by atoms with E-state index in [4.69, 9.17) is 16.3 Å². The molecule has 0 saturated carbocycles. The highest BCUT2D eigenvalue weighted by molar-refractivity contribution is 6.35. The van der Waals surface area contributed by atoms with Crippen molar-refractivity contribution < 1.29 is 4.74 Å². The van der Waals surface area contributed by atoms with Crippen LogP contribution in [0.4, 0.5) is 11.6 Å². The summed E-state index contributed by atoms with van der Waals surface area (Å²) in [6.07, 6.45) is 6.36. The summed E-state index contributed by atoms with van der Waals surface area (Å²) in [5.74, 6) is 1.42. The molecule has 0 bridgehead atoms. The fourth-order valence-corrected chi connectivity index (χ4v) is 3.02. The molecule has 1 aliphatic rings. The molecule has 1 atom stereocenters. The maximum Gasteiger partial charge on any atom is 0.232 e. The average molecular weight is 348 g/mol. The molecule has 1 aliphatic heterocycles. The van der Waals surface area contributed by atoms with Gasteiger partial charge in [0, 0.05) is 31.9 Å². The topological polar surface area (TPSA) is 92.7 Å². The average Bonchev–Trinajstić information content (AvgIpc) is 3.28.